The van der Waals surface area contributed by atoms with E-state index in [-0.39, 0.29) is 12.1 Å². The lowest BCUT2D eigenvalue weighted by molar-refractivity contribution is 0.173. The van der Waals surface area contributed by atoms with Crippen LogP contribution in [0.1, 0.15) is 26.7 Å². The van der Waals surface area contributed by atoms with Gasteiger partial charge in [-0.2, -0.15) is 0 Å². The molecule has 0 bridgehead atoms. The predicted molar refractivity (Wildman–Crippen MR) is 115 cm³/mol. The summed E-state index contributed by atoms with van der Waals surface area (Å²) in [6.45, 7) is 4.07. The van der Waals surface area contributed by atoms with E-state index < -0.39 is 26.9 Å². The molecule has 0 atom stereocenters. The van der Waals surface area contributed by atoms with Crippen LogP contribution in [0.5, 0.6) is 0 Å². The molecule has 1 fully saturated rings. The highest BCUT2D eigenvalue weighted by Gasteiger charge is 2.32. The molecule has 0 spiro atoms. The molecule has 0 saturated carbocycles. The maximum Gasteiger partial charge on any atom is 0.321 e. The number of nitrogens with one attached hydrogen (secondary N) is 1. The van der Waals surface area contributed by atoms with Crippen molar-refractivity contribution in [1.29, 1.82) is 0 Å². The SMILES string of the molecule is CC(C)S(=O)(=O)N1CCC(N(C)C(=O)Nc2ccc(-c3cc(F)cc(F)c3)nc2)CC1. The molecule has 1 aromatic heterocycles. The summed E-state index contributed by atoms with van der Waals surface area (Å²) in [6, 6.07) is 5.91. The van der Waals surface area contributed by atoms with Gasteiger partial charge in [0.05, 0.1) is 22.8 Å². The molecule has 31 heavy (non-hydrogen) atoms. The van der Waals surface area contributed by atoms with Crippen molar-refractivity contribution in [3.05, 3.63) is 48.2 Å². The van der Waals surface area contributed by atoms with E-state index in [1.54, 1.807) is 37.9 Å². The highest BCUT2D eigenvalue weighted by molar-refractivity contribution is 7.89. The molecular weight excluding hydrogens is 426 g/mol. The molecule has 0 aliphatic carbocycles. The van der Waals surface area contributed by atoms with Crippen LogP contribution in [0.2, 0.25) is 0 Å². The first-order valence-corrected chi connectivity index (χ1v) is 11.5. The molecule has 10 heteroatoms. The normalized spacial score (nSPS) is 15.8. The number of urea groups is 1. The second-order valence-electron chi connectivity index (χ2n) is 7.86. The largest absolute Gasteiger partial charge is 0.325 e. The second-order valence-corrected chi connectivity index (χ2v) is 10.3. The van der Waals surface area contributed by atoms with Gasteiger partial charge in [-0.25, -0.2) is 26.3 Å². The Morgan fingerprint density at radius 2 is 1.77 bits per heavy atom. The van der Waals surface area contributed by atoms with Crippen molar-refractivity contribution in [2.45, 2.75) is 38.0 Å². The smallest absolute Gasteiger partial charge is 0.321 e. The van der Waals surface area contributed by atoms with Gasteiger partial charge in [-0.15, -0.1) is 0 Å². The van der Waals surface area contributed by atoms with Crippen LogP contribution in [0.25, 0.3) is 11.3 Å². The molecular formula is C21H26F2N4O3S. The van der Waals surface area contributed by atoms with E-state index in [9.17, 15) is 22.0 Å². The number of aromatic nitrogens is 1. The number of amides is 2. The number of carbonyl (C=O) groups excluding carboxylic acids is 1. The number of hydrogen-bond acceptors (Lipinski definition) is 4. The van der Waals surface area contributed by atoms with E-state index in [0.29, 0.717) is 42.9 Å². The van der Waals surface area contributed by atoms with Crippen molar-refractivity contribution >= 4 is 21.7 Å². The number of rotatable bonds is 5. The number of piperidine rings is 1. The van der Waals surface area contributed by atoms with Gasteiger partial charge in [0, 0.05) is 37.8 Å². The van der Waals surface area contributed by atoms with Gasteiger partial charge in [-0.3, -0.25) is 4.98 Å². The topological polar surface area (TPSA) is 82.6 Å². The summed E-state index contributed by atoms with van der Waals surface area (Å²) in [5, 5.41) is 2.28. The van der Waals surface area contributed by atoms with Crippen LogP contribution in [-0.2, 0) is 10.0 Å². The molecule has 0 unspecified atom stereocenters. The first kappa shape index (κ1) is 23.1. The number of nitrogens with zero attached hydrogens (tertiary/aromatic N) is 3. The third kappa shape index (κ3) is 5.37. The molecule has 1 N–H and O–H groups in total. The summed E-state index contributed by atoms with van der Waals surface area (Å²) in [5.41, 5.74) is 1.12. The van der Waals surface area contributed by atoms with E-state index in [0.717, 1.165) is 6.07 Å². The van der Waals surface area contributed by atoms with E-state index >= 15 is 0 Å². The predicted octanol–water partition coefficient (Wildman–Crippen LogP) is 3.69. The Morgan fingerprint density at radius 3 is 2.29 bits per heavy atom. The van der Waals surface area contributed by atoms with E-state index in [1.807, 2.05) is 0 Å². The minimum Gasteiger partial charge on any atom is -0.325 e. The minimum absolute atomic E-state index is 0.0823. The van der Waals surface area contributed by atoms with Crippen molar-refractivity contribution in [2.24, 2.45) is 0 Å². The van der Waals surface area contributed by atoms with Crippen LogP contribution in [0.15, 0.2) is 36.5 Å². The fraction of sp³-hybridized carbons (Fsp3) is 0.429. The van der Waals surface area contributed by atoms with Gasteiger partial charge in [-0.05, 0) is 51.0 Å². The molecule has 0 radical (unpaired) electrons. The monoisotopic (exact) mass is 452 g/mol. The Labute approximate surface area is 181 Å². The third-order valence-electron chi connectivity index (χ3n) is 5.42. The van der Waals surface area contributed by atoms with Crippen molar-refractivity contribution < 1.29 is 22.0 Å². The number of halogens is 2. The fourth-order valence-electron chi connectivity index (χ4n) is 3.50. The lowest BCUT2D eigenvalue weighted by Gasteiger charge is -2.36. The van der Waals surface area contributed by atoms with Crippen LogP contribution < -0.4 is 5.32 Å². The number of carbonyl (C=O) groups is 1. The molecule has 2 amide bonds. The fourth-order valence-corrected chi connectivity index (χ4v) is 4.82. The van der Waals surface area contributed by atoms with Crippen LogP contribution in [0.4, 0.5) is 19.3 Å². The van der Waals surface area contributed by atoms with Crippen LogP contribution in [0.3, 0.4) is 0 Å². The zero-order valence-corrected chi connectivity index (χ0v) is 18.5. The third-order valence-corrected chi connectivity index (χ3v) is 7.70. The lowest BCUT2D eigenvalue weighted by Crippen LogP contribution is -2.49. The highest BCUT2D eigenvalue weighted by Crippen LogP contribution is 2.23. The average molecular weight is 453 g/mol. The summed E-state index contributed by atoms with van der Waals surface area (Å²) in [5.74, 6) is -1.38. The summed E-state index contributed by atoms with van der Waals surface area (Å²) in [7, 11) is -1.62. The molecule has 2 aromatic rings. The van der Waals surface area contributed by atoms with Crippen LogP contribution in [0, 0.1) is 11.6 Å². The zero-order valence-electron chi connectivity index (χ0n) is 17.7. The maximum absolute atomic E-state index is 13.4. The first-order valence-electron chi connectivity index (χ1n) is 10.0. The summed E-state index contributed by atoms with van der Waals surface area (Å²) < 4.78 is 52.8. The molecule has 2 heterocycles. The van der Waals surface area contributed by atoms with Gasteiger partial charge < -0.3 is 10.2 Å². The Kier molecular flexibility index (Phi) is 6.90. The number of hydrogen-bond donors (Lipinski definition) is 1. The Balaban J connectivity index is 1.59. The average Bonchev–Trinajstić information content (AvgIpc) is 2.73. The maximum atomic E-state index is 13.4. The van der Waals surface area contributed by atoms with E-state index in [4.69, 9.17) is 0 Å². The number of pyridine rings is 1. The van der Waals surface area contributed by atoms with Crippen LogP contribution in [-0.4, -0.2) is 60.1 Å². The van der Waals surface area contributed by atoms with Gasteiger partial charge >= 0.3 is 6.03 Å². The molecule has 1 aromatic carbocycles. The first-order chi connectivity index (χ1) is 14.6. The number of sulfonamides is 1. The molecule has 1 aliphatic rings. The van der Waals surface area contributed by atoms with Gasteiger partial charge in [0.2, 0.25) is 10.0 Å². The van der Waals surface area contributed by atoms with Crippen molar-refractivity contribution in [3.63, 3.8) is 0 Å². The van der Waals surface area contributed by atoms with E-state index in [2.05, 4.69) is 10.3 Å². The van der Waals surface area contributed by atoms with Crippen molar-refractivity contribution in [2.75, 3.05) is 25.5 Å². The minimum atomic E-state index is -3.29. The summed E-state index contributed by atoms with van der Waals surface area (Å²) in [4.78, 5) is 18.3. The lowest BCUT2D eigenvalue weighted by atomic mass is 10.1. The summed E-state index contributed by atoms with van der Waals surface area (Å²) >= 11 is 0. The van der Waals surface area contributed by atoms with Gasteiger partial charge in [0.1, 0.15) is 11.6 Å². The van der Waals surface area contributed by atoms with Crippen molar-refractivity contribution in [3.8, 4) is 11.3 Å². The molecule has 7 nitrogen and oxygen atoms in total. The molecule has 168 valence electrons. The molecule has 1 aliphatic heterocycles. The Morgan fingerprint density at radius 1 is 1.16 bits per heavy atom. The second kappa shape index (κ2) is 9.27. The highest BCUT2D eigenvalue weighted by atomic mass is 32.2. The molecule has 1 saturated heterocycles. The van der Waals surface area contributed by atoms with Gasteiger partial charge in [0.15, 0.2) is 0 Å². The Hall–Kier alpha value is -2.59. The number of benzene rings is 1. The summed E-state index contributed by atoms with van der Waals surface area (Å²) in [6.07, 6.45) is 2.53. The Bertz CT molecular complexity index is 1020. The van der Waals surface area contributed by atoms with Crippen molar-refractivity contribution in [1.82, 2.24) is 14.2 Å². The molecule has 3 rings (SSSR count). The van der Waals surface area contributed by atoms with Crippen LogP contribution >= 0.6 is 0 Å². The standard InChI is InChI=1S/C21H26F2N4O3S/c1-14(2)31(29,30)27-8-6-19(7-9-27)26(3)21(28)25-18-4-5-20(24-13-18)15-10-16(22)12-17(23)11-15/h4-5,10-14,19H,6-9H2,1-3H3,(H,25,28). The van der Waals surface area contributed by atoms with Gasteiger partial charge in [0.25, 0.3) is 0 Å². The number of anilines is 1. The van der Waals surface area contributed by atoms with Gasteiger partial charge in [-0.1, -0.05) is 0 Å². The quantitative estimate of drug-likeness (QED) is 0.750. The zero-order chi connectivity index (χ0) is 22.8. The van der Waals surface area contributed by atoms with E-state index in [1.165, 1.54) is 22.6 Å².